The summed E-state index contributed by atoms with van der Waals surface area (Å²) in [6.07, 6.45) is 8.15. The molecule has 6 atom stereocenters. The van der Waals surface area contributed by atoms with Gasteiger partial charge in [0, 0.05) is 42.8 Å². The van der Waals surface area contributed by atoms with Crippen LogP contribution in [0.1, 0.15) is 51.2 Å². The third kappa shape index (κ3) is 2.67. The molecule has 1 aromatic rings. The van der Waals surface area contributed by atoms with E-state index in [1.807, 2.05) is 12.1 Å². The zero-order valence-corrected chi connectivity index (χ0v) is 18.3. The van der Waals surface area contributed by atoms with Crippen molar-refractivity contribution in [2.45, 2.75) is 76.2 Å². The van der Waals surface area contributed by atoms with Crippen molar-refractivity contribution in [3.8, 4) is 11.5 Å². The fraction of sp³-hybridized carbons (Fsp3) is 0.600. The molecule has 0 N–H and O–H groups in total. The van der Waals surface area contributed by atoms with E-state index in [0.29, 0.717) is 29.5 Å². The number of piperidine rings is 1. The van der Waals surface area contributed by atoms with Gasteiger partial charge in [-0.1, -0.05) is 12.1 Å². The van der Waals surface area contributed by atoms with Gasteiger partial charge < -0.3 is 14.2 Å². The molecule has 164 valence electrons. The van der Waals surface area contributed by atoms with Crippen LogP contribution < -0.4 is 9.47 Å². The maximum atomic E-state index is 11.9. The van der Waals surface area contributed by atoms with Gasteiger partial charge in [-0.3, -0.25) is 14.5 Å². The predicted octanol–water partition coefficient (Wildman–Crippen LogP) is 3.16. The molecule has 0 unspecified atom stereocenters. The summed E-state index contributed by atoms with van der Waals surface area (Å²) in [7, 11) is 0. The van der Waals surface area contributed by atoms with E-state index in [-0.39, 0.29) is 23.5 Å². The molecule has 2 aliphatic heterocycles. The summed E-state index contributed by atoms with van der Waals surface area (Å²) in [6.45, 7) is 6.25. The van der Waals surface area contributed by atoms with Crippen molar-refractivity contribution in [1.82, 2.24) is 4.90 Å². The Morgan fingerprint density at radius 2 is 2.00 bits per heavy atom. The zero-order valence-electron chi connectivity index (χ0n) is 18.3. The van der Waals surface area contributed by atoms with Crippen LogP contribution in [0, 0.1) is 11.8 Å². The van der Waals surface area contributed by atoms with Crippen LogP contribution in [-0.2, 0) is 26.2 Å². The second kappa shape index (κ2) is 6.58. The molecule has 6 nitrogen and oxygen atoms in total. The van der Waals surface area contributed by atoms with E-state index < -0.39 is 6.10 Å². The van der Waals surface area contributed by atoms with Gasteiger partial charge in [-0.25, -0.2) is 0 Å². The monoisotopic (exact) mass is 423 g/mol. The van der Waals surface area contributed by atoms with Crippen molar-refractivity contribution in [3.05, 3.63) is 35.4 Å². The molecule has 3 aliphatic carbocycles. The maximum Gasteiger partial charge on any atom is 0.308 e. The Kier molecular flexibility index (Phi) is 4.11. The molecule has 0 radical (unpaired) electrons. The Labute approximate surface area is 182 Å². The average molecular weight is 424 g/mol. The highest BCUT2D eigenvalue weighted by Gasteiger charge is 2.66. The van der Waals surface area contributed by atoms with Gasteiger partial charge in [0.1, 0.15) is 6.10 Å². The highest BCUT2D eigenvalue weighted by atomic mass is 16.6. The molecule has 5 aliphatic rings. The van der Waals surface area contributed by atoms with Crippen LogP contribution in [0.2, 0.25) is 0 Å². The Morgan fingerprint density at radius 1 is 1.19 bits per heavy atom. The van der Waals surface area contributed by atoms with Crippen LogP contribution in [0.3, 0.4) is 0 Å². The van der Waals surface area contributed by atoms with Crippen molar-refractivity contribution < 1.29 is 23.8 Å². The quantitative estimate of drug-likeness (QED) is 0.421. The van der Waals surface area contributed by atoms with E-state index in [1.165, 1.54) is 37.8 Å². The third-order valence-electron chi connectivity index (χ3n) is 8.26. The van der Waals surface area contributed by atoms with Gasteiger partial charge in [-0.05, 0) is 62.8 Å². The third-order valence-corrected chi connectivity index (χ3v) is 8.26. The molecule has 0 aromatic heterocycles. The fourth-order valence-electron chi connectivity index (χ4n) is 6.94. The standard InChI is InChI=1S/C25H29NO5/c1-13(16-4-5-16)26-11-10-25-18-7-9-21(30-15(3)28)24(25)31-23-20(29-14(2)27)8-6-17(22(23)25)12-19(18)26/h6-9,13,16,18-19,21,24H,4-5,10-12H2,1-3H3/t13-,18+,19-,21+,24+,25+/m1/s1. The van der Waals surface area contributed by atoms with Crippen molar-refractivity contribution >= 4 is 11.9 Å². The van der Waals surface area contributed by atoms with Gasteiger partial charge in [-0.15, -0.1) is 0 Å². The Bertz CT molecular complexity index is 998. The topological polar surface area (TPSA) is 65.1 Å². The van der Waals surface area contributed by atoms with Crippen molar-refractivity contribution in [1.29, 1.82) is 0 Å². The molecule has 1 aromatic carbocycles. The maximum absolute atomic E-state index is 11.9. The SMILES string of the molecule is CC(=O)Oc1ccc2c3c1O[C@H]1[C@@H](OC(C)=O)C=C[C@H]4[C@@H](C2)N([C@H](C)C2CC2)CC[C@@]341. The first-order chi connectivity index (χ1) is 14.9. The summed E-state index contributed by atoms with van der Waals surface area (Å²) in [5.41, 5.74) is 2.20. The predicted molar refractivity (Wildman–Crippen MR) is 113 cm³/mol. The van der Waals surface area contributed by atoms with Gasteiger partial charge in [0.05, 0.1) is 0 Å². The van der Waals surface area contributed by atoms with Crippen LogP contribution in [0.5, 0.6) is 11.5 Å². The van der Waals surface area contributed by atoms with E-state index in [0.717, 1.165) is 25.3 Å². The molecule has 1 saturated heterocycles. The molecular formula is C25H29NO5. The van der Waals surface area contributed by atoms with Crippen LogP contribution in [-0.4, -0.2) is 47.7 Å². The fourth-order valence-corrected chi connectivity index (χ4v) is 6.94. The van der Waals surface area contributed by atoms with Gasteiger partial charge in [0.2, 0.25) is 0 Å². The summed E-state index contributed by atoms with van der Waals surface area (Å²) >= 11 is 0. The molecule has 6 rings (SSSR count). The van der Waals surface area contributed by atoms with Crippen LogP contribution in [0.4, 0.5) is 0 Å². The number of carbonyl (C=O) groups excluding carboxylic acids is 2. The second-order valence-electron chi connectivity index (χ2n) is 9.92. The highest BCUT2D eigenvalue weighted by Crippen LogP contribution is 2.63. The van der Waals surface area contributed by atoms with E-state index in [4.69, 9.17) is 14.2 Å². The van der Waals surface area contributed by atoms with E-state index in [2.05, 4.69) is 24.0 Å². The Hall–Kier alpha value is -2.34. The summed E-state index contributed by atoms with van der Waals surface area (Å²) in [4.78, 5) is 26.3. The van der Waals surface area contributed by atoms with E-state index in [1.54, 1.807) is 0 Å². The Balaban J connectivity index is 1.50. The van der Waals surface area contributed by atoms with Gasteiger partial charge >= 0.3 is 11.9 Å². The smallest absolute Gasteiger partial charge is 0.308 e. The number of carbonyl (C=O) groups is 2. The van der Waals surface area contributed by atoms with Crippen LogP contribution in [0.15, 0.2) is 24.3 Å². The summed E-state index contributed by atoms with van der Waals surface area (Å²) in [6, 6.07) is 4.97. The van der Waals surface area contributed by atoms with Crippen molar-refractivity contribution in [2.24, 2.45) is 11.8 Å². The number of hydrogen-bond acceptors (Lipinski definition) is 6. The number of likely N-dealkylation sites (tertiary alicyclic amines) is 1. The largest absolute Gasteiger partial charge is 0.481 e. The number of nitrogens with zero attached hydrogens (tertiary/aromatic N) is 1. The number of rotatable bonds is 4. The van der Waals surface area contributed by atoms with E-state index in [9.17, 15) is 9.59 Å². The molecule has 1 saturated carbocycles. The summed E-state index contributed by atoms with van der Waals surface area (Å²) < 4.78 is 17.8. The Morgan fingerprint density at radius 3 is 2.71 bits per heavy atom. The van der Waals surface area contributed by atoms with Gasteiger partial charge in [0.25, 0.3) is 0 Å². The van der Waals surface area contributed by atoms with Gasteiger partial charge in [-0.2, -0.15) is 0 Å². The molecule has 2 heterocycles. The molecule has 31 heavy (non-hydrogen) atoms. The van der Waals surface area contributed by atoms with Crippen LogP contribution in [0.25, 0.3) is 0 Å². The zero-order chi connectivity index (χ0) is 21.5. The lowest BCUT2D eigenvalue weighted by atomic mass is 9.53. The minimum atomic E-state index is -0.440. The number of esters is 2. The number of benzene rings is 1. The molecule has 0 amide bonds. The first kappa shape index (κ1) is 19.4. The molecule has 2 fully saturated rings. The molecule has 6 heteroatoms. The van der Waals surface area contributed by atoms with Crippen LogP contribution >= 0.6 is 0 Å². The first-order valence-electron chi connectivity index (χ1n) is 11.5. The van der Waals surface area contributed by atoms with Crippen molar-refractivity contribution in [3.63, 3.8) is 0 Å². The minimum absolute atomic E-state index is 0.252. The number of hydrogen-bond donors (Lipinski definition) is 0. The van der Waals surface area contributed by atoms with Crippen molar-refractivity contribution in [2.75, 3.05) is 6.54 Å². The molecule has 1 spiro atoms. The van der Waals surface area contributed by atoms with E-state index >= 15 is 0 Å². The van der Waals surface area contributed by atoms with Gasteiger partial charge in [0.15, 0.2) is 17.6 Å². The highest BCUT2D eigenvalue weighted by molar-refractivity contribution is 5.73. The molecule has 2 bridgehead atoms. The second-order valence-corrected chi connectivity index (χ2v) is 9.92. The normalized spacial score (nSPS) is 35.7. The summed E-state index contributed by atoms with van der Waals surface area (Å²) in [5, 5.41) is 0. The lowest BCUT2D eigenvalue weighted by Gasteiger charge is -2.58. The first-order valence-corrected chi connectivity index (χ1v) is 11.5. The lowest BCUT2D eigenvalue weighted by molar-refractivity contribution is -0.152. The lowest BCUT2D eigenvalue weighted by Crippen LogP contribution is -2.67. The average Bonchev–Trinajstić information content (AvgIpc) is 3.50. The molecular weight excluding hydrogens is 394 g/mol. The minimum Gasteiger partial charge on any atom is -0.481 e. The summed E-state index contributed by atoms with van der Waals surface area (Å²) in [5.74, 6) is 1.58. The number of ether oxygens (including phenoxy) is 3.